The zero-order valence-corrected chi connectivity index (χ0v) is 12.3. The average molecular weight is 291 g/mol. The highest BCUT2D eigenvalue weighted by molar-refractivity contribution is 7.98. The van der Waals surface area contributed by atoms with Crippen molar-refractivity contribution < 1.29 is 9.53 Å². The second kappa shape index (κ2) is 6.47. The number of benzene rings is 1. The van der Waals surface area contributed by atoms with Crippen molar-refractivity contribution in [2.45, 2.75) is 17.6 Å². The van der Waals surface area contributed by atoms with Crippen LogP contribution in [0.3, 0.4) is 0 Å². The Hall–Kier alpha value is -1.95. The Morgan fingerprint density at radius 1 is 1.45 bits per heavy atom. The van der Waals surface area contributed by atoms with Crippen LogP contribution in [0.15, 0.2) is 35.4 Å². The molecule has 6 heteroatoms. The van der Waals surface area contributed by atoms with Gasteiger partial charge in [-0.2, -0.15) is 5.10 Å². The van der Waals surface area contributed by atoms with Crippen molar-refractivity contribution in [2.24, 2.45) is 7.05 Å². The summed E-state index contributed by atoms with van der Waals surface area (Å²) in [5.41, 5.74) is 7.98. The maximum Gasteiger partial charge on any atom is 0.341 e. The van der Waals surface area contributed by atoms with Gasteiger partial charge in [-0.15, -0.1) is 11.8 Å². The lowest BCUT2D eigenvalue weighted by Gasteiger charge is -2.07. The standard InChI is InChI=1S/C14H17N3O2S/c1-3-19-14(18)10-8-16-17(2)12(10)9-20-13-7-5-4-6-11(13)15/h4-8H,3,9,15H2,1-2H3. The monoisotopic (exact) mass is 291 g/mol. The molecule has 0 bridgehead atoms. The molecule has 0 saturated heterocycles. The second-order valence-corrected chi connectivity index (χ2v) is 5.19. The number of nitrogen functional groups attached to an aromatic ring is 1. The summed E-state index contributed by atoms with van der Waals surface area (Å²) < 4.78 is 6.72. The average Bonchev–Trinajstić information content (AvgIpc) is 2.79. The van der Waals surface area contributed by atoms with Gasteiger partial charge in [0.1, 0.15) is 5.56 Å². The molecule has 1 aromatic carbocycles. The molecule has 1 heterocycles. The number of nitrogens with two attached hydrogens (primary N) is 1. The van der Waals surface area contributed by atoms with E-state index >= 15 is 0 Å². The molecule has 0 atom stereocenters. The number of anilines is 1. The molecule has 0 aliphatic carbocycles. The Balaban J connectivity index is 2.15. The van der Waals surface area contributed by atoms with Crippen molar-refractivity contribution in [3.63, 3.8) is 0 Å². The molecule has 0 aliphatic heterocycles. The first kappa shape index (κ1) is 14.5. The second-order valence-electron chi connectivity index (χ2n) is 4.18. The van der Waals surface area contributed by atoms with Crippen LogP contribution in [0.2, 0.25) is 0 Å². The summed E-state index contributed by atoms with van der Waals surface area (Å²) >= 11 is 1.57. The first-order valence-electron chi connectivity index (χ1n) is 6.28. The number of carbonyl (C=O) groups is 1. The van der Waals surface area contributed by atoms with Gasteiger partial charge >= 0.3 is 5.97 Å². The molecule has 0 saturated carbocycles. The zero-order valence-electron chi connectivity index (χ0n) is 11.5. The van der Waals surface area contributed by atoms with Gasteiger partial charge in [0.25, 0.3) is 0 Å². The van der Waals surface area contributed by atoms with E-state index in [1.54, 1.807) is 29.6 Å². The van der Waals surface area contributed by atoms with Gasteiger partial charge in [-0.1, -0.05) is 12.1 Å². The summed E-state index contributed by atoms with van der Waals surface area (Å²) in [4.78, 5) is 12.8. The van der Waals surface area contributed by atoms with Crippen LogP contribution in [-0.2, 0) is 17.5 Å². The summed E-state index contributed by atoms with van der Waals surface area (Å²) in [6.45, 7) is 2.14. The van der Waals surface area contributed by atoms with Crippen molar-refractivity contribution in [2.75, 3.05) is 12.3 Å². The van der Waals surface area contributed by atoms with Crippen molar-refractivity contribution in [1.82, 2.24) is 9.78 Å². The van der Waals surface area contributed by atoms with Crippen LogP contribution in [0.4, 0.5) is 5.69 Å². The SMILES string of the molecule is CCOC(=O)c1cnn(C)c1CSc1ccccc1N. The fourth-order valence-electron chi connectivity index (χ4n) is 1.77. The number of carbonyl (C=O) groups excluding carboxylic acids is 1. The molecule has 0 spiro atoms. The highest BCUT2D eigenvalue weighted by atomic mass is 32.2. The minimum absolute atomic E-state index is 0.336. The van der Waals surface area contributed by atoms with Gasteiger partial charge < -0.3 is 10.5 Å². The fraction of sp³-hybridized carbons (Fsp3) is 0.286. The molecule has 0 amide bonds. The summed E-state index contributed by atoms with van der Waals surface area (Å²) in [6.07, 6.45) is 1.54. The Kier molecular flexibility index (Phi) is 4.68. The third-order valence-corrected chi connectivity index (χ3v) is 3.94. The number of ether oxygens (including phenoxy) is 1. The normalized spacial score (nSPS) is 10.5. The number of hydrogen-bond donors (Lipinski definition) is 1. The number of aryl methyl sites for hydroxylation is 1. The van der Waals surface area contributed by atoms with E-state index in [0.717, 1.165) is 16.3 Å². The number of rotatable bonds is 5. The minimum atomic E-state index is -0.336. The van der Waals surface area contributed by atoms with E-state index in [1.165, 1.54) is 0 Å². The van der Waals surface area contributed by atoms with E-state index in [9.17, 15) is 4.79 Å². The van der Waals surface area contributed by atoms with Gasteiger partial charge in [-0.05, 0) is 19.1 Å². The first-order valence-corrected chi connectivity index (χ1v) is 7.27. The van der Waals surface area contributed by atoms with E-state index in [2.05, 4.69) is 5.10 Å². The van der Waals surface area contributed by atoms with Crippen LogP contribution in [0.5, 0.6) is 0 Å². The molecule has 2 rings (SSSR count). The maximum atomic E-state index is 11.8. The predicted octanol–water partition coefficient (Wildman–Crippen LogP) is 2.47. The number of hydrogen-bond acceptors (Lipinski definition) is 5. The number of para-hydroxylation sites is 1. The van der Waals surface area contributed by atoms with Gasteiger partial charge in [-0.25, -0.2) is 4.79 Å². The van der Waals surface area contributed by atoms with Crippen LogP contribution >= 0.6 is 11.8 Å². The van der Waals surface area contributed by atoms with Gasteiger partial charge in [0.2, 0.25) is 0 Å². The Bertz CT molecular complexity index is 610. The topological polar surface area (TPSA) is 70.1 Å². The van der Waals surface area contributed by atoms with E-state index in [1.807, 2.05) is 31.3 Å². The van der Waals surface area contributed by atoms with Gasteiger partial charge in [0.15, 0.2) is 0 Å². The lowest BCUT2D eigenvalue weighted by atomic mass is 10.3. The van der Waals surface area contributed by atoms with E-state index in [-0.39, 0.29) is 5.97 Å². The van der Waals surface area contributed by atoms with Gasteiger partial charge in [-0.3, -0.25) is 4.68 Å². The third-order valence-electron chi connectivity index (χ3n) is 2.84. The molecule has 106 valence electrons. The van der Waals surface area contributed by atoms with Crippen LogP contribution in [0.25, 0.3) is 0 Å². The summed E-state index contributed by atoms with van der Waals surface area (Å²) in [6, 6.07) is 7.65. The molecular formula is C14H17N3O2S. The molecule has 0 unspecified atom stereocenters. The Morgan fingerprint density at radius 3 is 2.90 bits per heavy atom. The quantitative estimate of drug-likeness (QED) is 0.520. The summed E-state index contributed by atoms with van der Waals surface area (Å²) in [5.74, 6) is 0.274. The fourth-order valence-corrected chi connectivity index (χ4v) is 2.82. The molecule has 0 radical (unpaired) electrons. The van der Waals surface area contributed by atoms with Crippen molar-refractivity contribution in [3.05, 3.63) is 41.7 Å². The predicted molar refractivity (Wildman–Crippen MR) is 79.6 cm³/mol. The molecule has 20 heavy (non-hydrogen) atoms. The van der Waals surface area contributed by atoms with Crippen LogP contribution in [0.1, 0.15) is 23.0 Å². The summed E-state index contributed by atoms with van der Waals surface area (Å²) in [5, 5.41) is 4.13. The largest absolute Gasteiger partial charge is 0.462 e. The highest BCUT2D eigenvalue weighted by Crippen LogP contribution is 2.28. The number of thioether (sulfide) groups is 1. The third kappa shape index (κ3) is 3.14. The van der Waals surface area contributed by atoms with E-state index in [4.69, 9.17) is 10.5 Å². The molecule has 1 aromatic heterocycles. The number of aromatic nitrogens is 2. The molecule has 0 fully saturated rings. The Labute approximate surface area is 122 Å². The zero-order chi connectivity index (χ0) is 14.5. The molecule has 2 aromatic rings. The van der Waals surface area contributed by atoms with E-state index in [0.29, 0.717) is 17.9 Å². The van der Waals surface area contributed by atoms with Gasteiger partial charge in [0, 0.05) is 23.4 Å². The lowest BCUT2D eigenvalue weighted by molar-refractivity contribution is 0.0525. The molecule has 0 aliphatic rings. The molecular weight excluding hydrogens is 274 g/mol. The lowest BCUT2D eigenvalue weighted by Crippen LogP contribution is -2.08. The van der Waals surface area contributed by atoms with Crippen molar-refractivity contribution in [1.29, 1.82) is 0 Å². The maximum absolute atomic E-state index is 11.8. The highest BCUT2D eigenvalue weighted by Gasteiger charge is 2.17. The van der Waals surface area contributed by atoms with Crippen molar-refractivity contribution in [3.8, 4) is 0 Å². The first-order chi connectivity index (χ1) is 9.63. The van der Waals surface area contributed by atoms with Crippen LogP contribution < -0.4 is 5.73 Å². The summed E-state index contributed by atoms with van der Waals surface area (Å²) in [7, 11) is 1.81. The number of nitrogens with zero attached hydrogens (tertiary/aromatic N) is 2. The van der Waals surface area contributed by atoms with Crippen LogP contribution in [-0.4, -0.2) is 22.4 Å². The minimum Gasteiger partial charge on any atom is -0.462 e. The smallest absolute Gasteiger partial charge is 0.341 e. The molecule has 5 nitrogen and oxygen atoms in total. The van der Waals surface area contributed by atoms with Crippen molar-refractivity contribution >= 4 is 23.4 Å². The Morgan fingerprint density at radius 2 is 2.20 bits per heavy atom. The van der Waals surface area contributed by atoms with Gasteiger partial charge in [0.05, 0.1) is 18.5 Å². The molecule has 2 N–H and O–H groups in total. The van der Waals surface area contributed by atoms with E-state index < -0.39 is 0 Å². The number of esters is 1. The van der Waals surface area contributed by atoms with Crippen LogP contribution in [0, 0.1) is 0 Å².